The Balaban J connectivity index is 2.21. The Hall–Kier alpha value is -1.61. The van der Waals surface area contributed by atoms with E-state index >= 15 is 0 Å². The molecule has 1 heterocycles. The van der Waals surface area contributed by atoms with Crippen molar-refractivity contribution < 1.29 is 4.39 Å². The van der Waals surface area contributed by atoms with Crippen LogP contribution in [-0.4, -0.2) is 4.98 Å². The van der Waals surface area contributed by atoms with Crippen LogP contribution < -0.4 is 5.32 Å². The number of aryl methyl sites for hydroxylation is 1. The van der Waals surface area contributed by atoms with E-state index in [1.807, 2.05) is 13.0 Å². The van der Waals surface area contributed by atoms with E-state index in [2.05, 4.69) is 17.2 Å². The zero-order valence-corrected chi connectivity index (χ0v) is 11.7. The largest absolute Gasteiger partial charge is 0.377 e. The predicted molar refractivity (Wildman–Crippen MR) is 77.0 cm³/mol. The van der Waals surface area contributed by atoms with E-state index in [1.54, 1.807) is 18.2 Å². The second kappa shape index (κ2) is 6.02. The van der Waals surface area contributed by atoms with Crippen molar-refractivity contribution in [2.24, 2.45) is 0 Å². The Morgan fingerprint density at radius 3 is 2.47 bits per heavy atom. The van der Waals surface area contributed by atoms with Crippen LogP contribution in [0.2, 0.25) is 5.15 Å². The number of hydrogen-bond donors (Lipinski definition) is 1. The highest BCUT2D eigenvalue weighted by Gasteiger charge is 2.11. The molecule has 19 heavy (non-hydrogen) atoms. The maximum atomic E-state index is 12.9. The molecular weight excluding hydrogens is 263 g/mol. The summed E-state index contributed by atoms with van der Waals surface area (Å²) in [6, 6.07) is 10.4. The van der Waals surface area contributed by atoms with Crippen molar-refractivity contribution in [1.82, 2.24) is 4.98 Å². The van der Waals surface area contributed by atoms with Gasteiger partial charge < -0.3 is 5.32 Å². The minimum Gasteiger partial charge on any atom is -0.377 e. The van der Waals surface area contributed by atoms with Crippen LogP contribution in [0.5, 0.6) is 0 Å². The number of nitrogens with zero attached hydrogens (tertiary/aromatic N) is 1. The molecule has 0 fully saturated rings. The molecule has 1 aromatic carbocycles. The molecule has 1 aromatic heterocycles. The number of pyridine rings is 1. The summed E-state index contributed by atoms with van der Waals surface area (Å²) in [4.78, 5) is 4.21. The van der Waals surface area contributed by atoms with Crippen molar-refractivity contribution in [3.8, 4) is 0 Å². The maximum absolute atomic E-state index is 12.9. The van der Waals surface area contributed by atoms with Gasteiger partial charge in [-0.15, -0.1) is 0 Å². The Labute approximate surface area is 117 Å². The Bertz CT molecular complexity index is 555. The summed E-state index contributed by atoms with van der Waals surface area (Å²) in [6.07, 6.45) is 0.897. The lowest BCUT2D eigenvalue weighted by Gasteiger charge is -2.20. The molecule has 100 valence electrons. The van der Waals surface area contributed by atoms with Gasteiger partial charge in [0, 0.05) is 0 Å². The number of rotatable bonds is 4. The third-order valence-corrected chi connectivity index (χ3v) is 3.27. The van der Waals surface area contributed by atoms with Crippen LogP contribution in [0.25, 0.3) is 0 Å². The van der Waals surface area contributed by atoms with Crippen LogP contribution in [0.3, 0.4) is 0 Å². The number of benzene rings is 1. The van der Waals surface area contributed by atoms with Gasteiger partial charge in [-0.25, -0.2) is 9.37 Å². The van der Waals surface area contributed by atoms with Crippen LogP contribution in [0.1, 0.15) is 30.6 Å². The van der Waals surface area contributed by atoms with Crippen LogP contribution in [0.15, 0.2) is 36.4 Å². The number of nitrogens with one attached hydrogen (secondary N) is 1. The van der Waals surface area contributed by atoms with Crippen LogP contribution in [0, 0.1) is 12.7 Å². The molecule has 1 unspecified atom stereocenters. The summed E-state index contributed by atoms with van der Waals surface area (Å²) >= 11 is 5.84. The van der Waals surface area contributed by atoms with E-state index in [1.165, 1.54) is 12.1 Å². The SMILES string of the molecule is CCC(Nc1ccc(Cl)nc1C)c1ccc(F)cc1. The molecule has 2 aromatic rings. The summed E-state index contributed by atoms with van der Waals surface area (Å²) in [5.41, 5.74) is 2.85. The van der Waals surface area contributed by atoms with Gasteiger partial charge in [-0.05, 0) is 43.2 Å². The van der Waals surface area contributed by atoms with Gasteiger partial charge in [0.1, 0.15) is 11.0 Å². The second-order valence-electron chi connectivity index (χ2n) is 4.42. The lowest BCUT2D eigenvalue weighted by molar-refractivity contribution is 0.625. The molecule has 4 heteroatoms. The molecule has 2 rings (SSSR count). The molecule has 0 aliphatic carbocycles. The molecular formula is C15H16ClFN2. The summed E-state index contributed by atoms with van der Waals surface area (Å²) < 4.78 is 12.9. The van der Waals surface area contributed by atoms with Crippen molar-refractivity contribution in [2.45, 2.75) is 26.3 Å². The molecule has 0 spiro atoms. The van der Waals surface area contributed by atoms with E-state index in [-0.39, 0.29) is 11.9 Å². The van der Waals surface area contributed by atoms with Gasteiger partial charge in [-0.1, -0.05) is 30.7 Å². The third kappa shape index (κ3) is 3.44. The summed E-state index contributed by atoms with van der Waals surface area (Å²) in [5, 5.41) is 3.90. The summed E-state index contributed by atoms with van der Waals surface area (Å²) in [6.45, 7) is 3.99. The first-order valence-electron chi connectivity index (χ1n) is 6.25. The highest BCUT2D eigenvalue weighted by atomic mass is 35.5. The number of aromatic nitrogens is 1. The molecule has 0 radical (unpaired) electrons. The van der Waals surface area contributed by atoms with Crippen molar-refractivity contribution in [3.63, 3.8) is 0 Å². The normalized spacial score (nSPS) is 12.2. The molecule has 0 aliphatic heterocycles. The fourth-order valence-corrected chi connectivity index (χ4v) is 2.18. The summed E-state index contributed by atoms with van der Waals surface area (Å²) in [7, 11) is 0. The monoisotopic (exact) mass is 278 g/mol. The topological polar surface area (TPSA) is 24.9 Å². The quantitative estimate of drug-likeness (QED) is 0.817. The number of halogens is 2. The van der Waals surface area contributed by atoms with Crippen molar-refractivity contribution in [2.75, 3.05) is 5.32 Å². The van der Waals surface area contributed by atoms with Gasteiger partial charge in [0.05, 0.1) is 17.4 Å². The first kappa shape index (κ1) is 13.8. The second-order valence-corrected chi connectivity index (χ2v) is 4.81. The number of anilines is 1. The first-order valence-corrected chi connectivity index (χ1v) is 6.63. The van der Waals surface area contributed by atoms with E-state index in [4.69, 9.17) is 11.6 Å². The maximum Gasteiger partial charge on any atom is 0.129 e. The van der Waals surface area contributed by atoms with Crippen molar-refractivity contribution in [1.29, 1.82) is 0 Å². The molecule has 0 bridgehead atoms. The van der Waals surface area contributed by atoms with Gasteiger partial charge in [0.15, 0.2) is 0 Å². The molecule has 1 atom stereocenters. The third-order valence-electron chi connectivity index (χ3n) is 3.06. The van der Waals surface area contributed by atoms with Crippen molar-refractivity contribution in [3.05, 3.63) is 58.6 Å². The first-order chi connectivity index (χ1) is 9.10. The molecule has 1 N–H and O–H groups in total. The number of hydrogen-bond acceptors (Lipinski definition) is 2. The van der Waals surface area contributed by atoms with Crippen LogP contribution in [0.4, 0.5) is 10.1 Å². The Morgan fingerprint density at radius 2 is 1.89 bits per heavy atom. The van der Waals surface area contributed by atoms with Gasteiger partial charge in [0.25, 0.3) is 0 Å². The Morgan fingerprint density at radius 1 is 1.21 bits per heavy atom. The van der Waals surface area contributed by atoms with Gasteiger partial charge in [-0.2, -0.15) is 0 Å². The van der Waals surface area contributed by atoms with Gasteiger partial charge >= 0.3 is 0 Å². The molecule has 0 saturated carbocycles. The highest BCUT2D eigenvalue weighted by molar-refractivity contribution is 6.29. The Kier molecular flexibility index (Phi) is 4.38. The standard InChI is InChI=1S/C15H16ClFN2/c1-3-13(11-4-6-12(17)7-5-11)19-14-8-9-15(16)18-10(14)2/h4-9,13,19H,3H2,1-2H3. The minimum atomic E-state index is -0.219. The van der Waals surface area contributed by atoms with Gasteiger partial charge in [0.2, 0.25) is 0 Å². The predicted octanol–water partition coefficient (Wildman–Crippen LogP) is 4.75. The zero-order valence-electron chi connectivity index (χ0n) is 11.0. The lowest BCUT2D eigenvalue weighted by Crippen LogP contribution is -2.11. The average Bonchev–Trinajstić information content (AvgIpc) is 2.39. The fraction of sp³-hybridized carbons (Fsp3) is 0.267. The van der Waals surface area contributed by atoms with E-state index in [9.17, 15) is 4.39 Å². The van der Waals surface area contributed by atoms with E-state index in [0.717, 1.165) is 23.4 Å². The summed E-state index contributed by atoms with van der Waals surface area (Å²) in [5.74, 6) is -0.219. The fourth-order valence-electron chi connectivity index (χ4n) is 1.99. The lowest BCUT2D eigenvalue weighted by atomic mass is 10.0. The molecule has 0 amide bonds. The van der Waals surface area contributed by atoms with E-state index in [0.29, 0.717) is 5.15 Å². The zero-order chi connectivity index (χ0) is 13.8. The van der Waals surface area contributed by atoms with Gasteiger partial charge in [-0.3, -0.25) is 0 Å². The smallest absolute Gasteiger partial charge is 0.129 e. The van der Waals surface area contributed by atoms with E-state index < -0.39 is 0 Å². The highest BCUT2D eigenvalue weighted by Crippen LogP contribution is 2.25. The van der Waals surface area contributed by atoms with Crippen LogP contribution in [-0.2, 0) is 0 Å². The average molecular weight is 279 g/mol. The molecule has 0 saturated heterocycles. The van der Waals surface area contributed by atoms with Crippen molar-refractivity contribution >= 4 is 17.3 Å². The molecule has 0 aliphatic rings. The minimum absolute atomic E-state index is 0.127. The van der Waals surface area contributed by atoms with Crippen LogP contribution >= 0.6 is 11.6 Å². The molecule has 2 nitrogen and oxygen atoms in total.